The molecule has 1 aliphatic heterocycles. The van der Waals surface area contributed by atoms with Crippen molar-refractivity contribution < 1.29 is 0 Å². The molecule has 2 N–H and O–H groups in total. The molecule has 2 aliphatic rings. The van der Waals surface area contributed by atoms with Crippen LogP contribution in [-0.4, -0.2) is 30.1 Å². The van der Waals surface area contributed by atoms with Crippen LogP contribution in [0.3, 0.4) is 0 Å². The van der Waals surface area contributed by atoms with E-state index in [4.69, 9.17) is 5.73 Å². The fraction of sp³-hybridized carbons (Fsp3) is 1.00. The molecule has 0 aromatic carbocycles. The number of fused-ring (bicyclic) bond motifs is 2. The normalized spacial score (nSPS) is 46.8. The van der Waals surface area contributed by atoms with Crippen molar-refractivity contribution in [2.24, 2.45) is 11.7 Å². The first-order valence-electron chi connectivity index (χ1n) is 4.32. The monoisotopic (exact) mass is 140 g/mol. The maximum absolute atomic E-state index is 6.01. The van der Waals surface area contributed by atoms with E-state index in [0.29, 0.717) is 6.04 Å². The topological polar surface area (TPSA) is 29.3 Å². The molecule has 3 atom stereocenters. The zero-order valence-corrected chi connectivity index (χ0v) is 6.59. The molecule has 2 nitrogen and oxygen atoms in total. The minimum Gasteiger partial charge on any atom is -0.326 e. The van der Waals surface area contributed by atoms with Crippen LogP contribution in [0.15, 0.2) is 0 Å². The van der Waals surface area contributed by atoms with E-state index < -0.39 is 0 Å². The second-order valence-corrected chi connectivity index (χ2v) is 3.57. The number of likely N-dealkylation sites (tertiary alicyclic amines) is 1. The summed E-state index contributed by atoms with van der Waals surface area (Å²) < 4.78 is 0. The average Bonchev–Trinajstić information content (AvgIpc) is 2.46. The molecule has 1 saturated carbocycles. The molecule has 1 aliphatic carbocycles. The Morgan fingerprint density at radius 2 is 2.30 bits per heavy atom. The van der Waals surface area contributed by atoms with Gasteiger partial charge in [-0.3, -0.25) is 4.90 Å². The molecule has 0 aromatic rings. The summed E-state index contributed by atoms with van der Waals surface area (Å²) in [6.07, 6.45) is 2.72. The third-order valence-electron chi connectivity index (χ3n) is 3.17. The Labute approximate surface area is 62.4 Å². The van der Waals surface area contributed by atoms with Crippen molar-refractivity contribution in [3.63, 3.8) is 0 Å². The van der Waals surface area contributed by atoms with Crippen LogP contribution >= 0.6 is 0 Å². The molecule has 0 radical (unpaired) electrons. The van der Waals surface area contributed by atoms with Gasteiger partial charge in [-0.15, -0.1) is 0 Å². The molecule has 2 bridgehead atoms. The molecule has 0 aromatic heterocycles. The molecule has 2 fully saturated rings. The molecule has 1 heterocycles. The lowest BCUT2D eigenvalue weighted by Gasteiger charge is -2.24. The van der Waals surface area contributed by atoms with Crippen molar-refractivity contribution in [1.29, 1.82) is 0 Å². The van der Waals surface area contributed by atoms with Gasteiger partial charge < -0.3 is 5.73 Å². The first-order chi connectivity index (χ1) is 4.83. The number of nitrogens with zero attached hydrogens (tertiary/aromatic N) is 1. The van der Waals surface area contributed by atoms with Gasteiger partial charge in [-0.2, -0.15) is 0 Å². The summed E-state index contributed by atoms with van der Waals surface area (Å²) in [6, 6.07) is 1.23. The summed E-state index contributed by atoms with van der Waals surface area (Å²) in [5, 5.41) is 0. The Kier molecular flexibility index (Phi) is 1.46. The average molecular weight is 140 g/mol. The van der Waals surface area contributed by atoms with Gasteiger partial charge in [-0.25, -0.2) is 0 Å². The van der Waals surface area contributed by atoms with Crippen molar-refractivity contribution in [2.75, 3.05) is 13.1 Å². The summed E-state index contributed by atoms with van der Waals surface area (Å²) in [7, 11) is 0. The van der Waals surface area contributed by atoms with Crippen molar-refractivity contribution in [1.82, 2.24) is 4.90 Å². The van der Waals surface area contributed by atoms with Crippen LogP contribution in [0, 0.1) is 5.92 Å². The fourth-order valence-electron chi connectivity index (χ4n) is 2.52. The molecule has 3 unspecified atom stereocenters. The van der Waals surface area contributed by atoms with Gasteiger partial charge in [0.1, 0.15) is 0 Å². The highest BCUT2D eigenvalue weighted by molar-refractivity contribution is 5.01. The van der Waals surface area contributed by atoms with Gasteiger partial charge in [-0.05, 0) is 25.3 Å². The summed E-state index contributed by atoms with van der Waals surface area (Å²) >= 11 is 0. The van der Waals surface area contributed by atoms with Crippen LogP contribution in [0.1, 0.15) is 19.8 Å². The number of nitrogens with two attached hydrogens (primary N) is 1. The van der Waals surface area contributed by atoms with E-state index in [1.54, 1.807) is 0 Å². The summed E-state index contributed by atoms with van der Waals surface area (Å²) in [5.41, 5.74) is 6.01. The van der Waals surface area contributed by atoms with Crippen LogP contribution in [0.5, 0.6) is 0 Å². The van der Waals surface area contributed by atoms with Gasteiger partial charge in [0.25, 0.3) is 0 Å². The minimum absolute atomic E-state index is 0.500. The highest BCUT2D eigenvalue weighted by atomic mass is 15.2. The second-order valence-electron chi connectivity index (χ2n) is 3.57. The minimum atomic E-state index is 0.500. The van der Waals surface area contributed by atoms with Gasteiger partial charge >= 0.3 is 0 Å². The molecule has 0 spiro atoms. The Bertz CT molecular complexity index is 135. The molecule has 10 heavy (non-hydrogen) atoms. The molecule has 2 heteroatoms. The smallest absolute Gasteiger partial charge is 0.0250 e. The summed E-state index contributed by atoms with van der Waals surface area (Å²) in [5.74, 6) is 0.824. The molecule has 0 amide bonds. The van der Waals surface area contributed by atoms with Gasteiger partial charge in [-0.1, -0.05) is 6.92 Å². The molecule has 58 valence electrons. The predicted molar refractivity (Wildman–Crippen MR) is 41.7 cm³/mol. The SMILES string of the molecule is CCN1CC2CCC1C2N. The Balaban J connectivity index is 2.08. The van der Waals surface area contributed by atoms with Crippen LogP contribution in [0.25, 0.3) is 0 Å². The highest BCUT2D eigenvalue weighted by Gasteiger charge is 2.43. The van der Waals surface area contributed by atoms with Crippen molar-refractivity contribution >= 4 is 0 Å². The quantitative estimate of drug-likeness (QED) is 0.572. The number of hydrogen-bond acceptors (Lipinski definition) is 2. The van der Waals surface area contributed by atoms with E-state index in [1.807, 2.05) is 0 Å². The van der Waals surface area contributed by atoms with Crippen molar-refractivity contribution in [2.45, 2.75) is 31.8 Å². The standard InChI is InChI=1S/C8H16N2/c1-2-10-5-6-3-4-7(10)8(6)9/h6-8H,2-5,9H2,1H3. The van der Waals surface area contributed by atoms with E-state index in [-0.39, 0.29) is 0 Å². The number of likely N-dealkylation sites (N-methyl/N-ethyl adjacent to an activating group) is 1. The zero-order chi connectivity index (χ0) is 7.14. The first-order valence-corrected chi connectivity index (χ1v) is 4.32. The Hall–Kier alpha value is -0.0800. The van der Waals surface area contributed by atoms with Gasteiger partial charge in [0.15, 0.2) is 0 Å². The van der Waals surface area contributed by atoms with Crippen molar-refractivity contribution in [3.8, 4) is 0 Å². The van der Waals surface area contributed by atoms with Crippen LogP contribution in [0.4, 0.5) is 0 Å². The fourth-order valence-corrected chi connectivity index (χ4v) is 2.52. The second kappa shape index (κ2) is 2.21. The molecule has 2 rings (SSSR count). The Morgan fingerprint density at radius 3 is 2.60 bits per heavy atom. The van der Waals surface area contributed by atoms with Crippen LogP contribution in [0.2, 0.25) is 0 Å². The number of hydrogen-bond donors (Lipinski definition) is 1. The summed E-state index contributed by atoms with van der Waals surface area (Å²) in [6.45, 7) is 4.69. The lowest BCUT2D eigenvalue weighted by atomic mass is 10.1. The maximum Gasteiger partial charge on any atom is 0.0250 e. The Morgan fingerprint density at radius 1 is 1.50 bits per heavy atom. The lowest BCUT2D eigenvalue weighted by molar-refractivity contribution is 0.222. The van der Waals surface area contributed by atoms with E-state index in [1.165, 1.54) is 25.9 Å². The zero-order valence-electron chi connectivity index (χ0n) is 6.59. The largest absolute Gasteiger partial charge is 0.326 e. The van der Waals surface area contributed by atoms with Crippen LogP contribution < -0.4 is 5.73 Å². The third-order valence-corrected chi connectivity index (χ3v) is 3.17. The first kappa shape index (κ1) is 6.62. The van der Waals surface area contributed by atoms with E-state index >= 15 is 0 Å². The number of piperidine rings is 1. The van der Waals surface area contributed by atoms with Gasteiger partial charge in [0.2, 0.25) is 0 Å². The van der Waals surface area contributed by atoms with Crippen molar-refractivity contribution in [3.05, 3.63) is 0 Å². The number of rotatable bonds is 1. The van der Waals surface area contributed by atoms with Crippen LogP contribution in [-0.2, 0) is 0 Å². The third kappa shape index (κ3) is 0.722. The van der Waals surface area contributed by atoms with E-state index in [0.717, 1.165) is 12.0 Å². The highest BCUT2D eigenvalue weighted by Crippen LogP contribution is 2.35. The predicted octanol–water partition coefficient (Wildman–Crippen LogP) is 0.428. The molecule has 1 saturated heterocycles. The van der Waals surface area contributed by atoms with Gasteiger partial charge in [0.05, 0.1) is 0 Å². The molecular formula is C8H16N2. The van der Waals surface area contributed by atoms with E-state index in [9.17, 15) is 0 Å². The van der Waals surface area contributed by atoms with E-state index in [2.05, 4.69) is 11.8 Å². The maximum atomic E-state index is 6.01. The molecular weight excluding hydrogens is 124 g/mol. The lowest BCUT2D eigenvalue weighted by Crippen LogP contribution is -2.37. The summed E-state index contributed by atoms with van der Waals surface area (Å²) in [4.78, 5) is 2.53. The van der Waals surface area contributed by atoms with Gasteiger partial charge in [0, 0.05) is 18.6 Å².